The lowest BCUT2D eigenvalue weighted by Gasteiger charge is -2.23. The van der Waals surface area contributed by atoms with E-state index in [0.717, 1.165) is 19.4 Å². The van der Waals surface area contributed by atoms with Gasteiger partial charge in [0.25, 0.3) is 0 Å². The molecule has 90 valence electrons. The first-order valence-electron chi connectivity index (χ1n) is 5.72. The highest BCUT2D eigenvalue weighted by Crippen LogP contribution is 2.18. The van der Waals surface area contributed by atoms with Gasteiger partial charge in [-0.3, -0.25) is 4.79 Å². The molecule has 1 unspecified atom stereocenters. The van der Waals surface area contributed by atoms with Crippen molar-refractivity contribution in [1.29, 1.82) is 0 Å². The fourth-order valence-corrected chi connectivity index (χ4v) is 1.17. The number of nitrogens with zero attached hydrogens (tertiary/aromatic N) is 1. The molecule has 0 saturated carbocycles. The summed E-state index contributed by atoms with van der Waals surface area (Å²) < 4.78 is 0. The van der Waals surface area contributed by atoms with Gasteiger partial charge in [-0.15, -0.1) is 0 Å². The molecule has 3 heteroatoms. The molecule has 15 heavy (non-hydrogen) atoms. The second-order valence-corrected chi connectivity index (χ2v) is 5.64. The SMILES string of the molecule is CC(N)CCC(=O)N(C)CCC(C)(C)C. The van der Waals surface area contributed by atoms with Crippen LogP contribution in [0.5, 0.6) is 0 Å². The Hall–Kier alpha value is -0.570. The molecule has 0 aliphatic carbocycles. The molecule has 0 rings (SSSR count). The van der Waals surface area contributed by atoms with Crippen molar-refractivity contribution in [3.63, 3.8) is 0 Å². The number of carbonyl (C=O) groups excluding carboxylic acids is 1. The maximum absolute atomic E-state index is 11.6. The lowest BCUT2D eigenvalue weighted by atomic mass is 9.92. The van der Waals surface area contributed by atoms with E-state index in [1.807, 2.05) is 18.9 Å². The molecular formula is C12H26N2O. The first kappa shape index (κ1) is 14.4. The minimum atomic E-state index is 0.116. The van der Waals surface area contributed by atoms with E-state index < -0.39 is 0 Å². The number of nitrogens with two attached hydrogens (primary N) is 1. The minimum Gasteiger partial charge on any atom is -0.346 e. The second kappa shape index (κ2) is 6.11. The third-order valence-electron chi connectivity index (χ3n) is 2.44. The Bertz CT molecular complexity index is 194. The predicted octanol–water partition coefficient (Wildman–Crippen LogP) is 2.01. The van der Waals surface area contributed by atoms with Crippen LogP contribution in [0, 0.1) is 5.41 Å². The summed E-state index contributed by atoms with van der Waals surface area (Å²) in [4.78, 5) is 13.4. The van der Waals surface area contributed by atoms with Gasteiger partial charge in [0.05, 0.1) is 0 Å². The maximum atomic E-state index is 11.6. The van der Waals surface area contributed by atoms with E-state index in [0.29, 0.717) is 6.42 Å². The van der Waals surface area contributed by atoms with Crippen LogP contribution in [0.4, 0.5) is 0 Å². The summed E-state index contributed by atoms with van der Waals surface area (Å²) in [5.74, 6) is 0.205. The summed E-state index contributed by atoms with van der Waals surface area (Å²) in [6.45, 7) is 9.33. The fourth-order valence-electron chi connectivity index (χ4n) is 1.17. The molecule has 0 fully saturated rings. The predicted molar refractivity (Wildman–Crippen MR) is 64.6 cm³/mol. The van der Waals surface area contributed by atoms with Gasteiger partial charge in [-0.25, -0.2) is 0 Å². The average molecular weight is 214 g/mol. The van der Waals surface area contributed by atoms with Gasteiger partial charge in [-0.1, -0.05) is 20.8 Å². The molecule has 0 radical (unpaired) electrons. The summed E-state index contributed by atoms with van der Waals surface area (Å²) in [7, 11) is 1.87. The fraction of sp³-hybridized carbons (Fsp3) is 0.917. The van der Waals surface area contributed by atoms with E-state index in [2.05, 4.69) is 20.8 Å². The van der Waals surface area contributed by atoms with Crippen molar-refractivity contribution in [2.75, 3.05) is 13.6 Å². The van der Waals surface area contributed by atoms with Gasteiger partial charge in [0.15, 0.2) is 0 Å². The van der Waals surface area contributed by atoms with E-state index >= 15 is 0 Å². The van der Waals surface area contributed by atoms with Crippen LogP contribution in [0.25, 0.3) is 0 Å². The number of carbonyl (C=O) groups is 1. The van der Waals surface area contributed by atoms with Crippen molar-refractivity contribution in [2.45, 2.75) is 53.0 Å². The molecule has 2 N–H and O–H groups in total. The zero-order chi connectivity index (χ0) is 12.1. The van der Waals surface area contributed by atoms with Gasteiger partial charge >= 0.3 is 0 Å². The zero-order valence-electron chi connectivity index (χ0n) is 10.8. The monoisotopic (exact) mass is 214 g/mol. The van der Waals surface area contributed by atoms with Crippen molar-refractivity contribution in [3.05, 3.63) is 0 Å². The average Bonchev–Trinajstić information content (AvgIpc) is 2.08. The molecule has 1 atom stereocenters. The van der Waals surface area contributed by atoms with Crippen LogP contribution in [0.15, 0.2) is 0 Å². The number of amides is 1. The van der Waals surface area contributed by atoms with Crippen LogP contribution in [0.3, 0.4) is 0 Å². The highest BCUT2D eigenvalue weighted by molar-refractivity contribution is 5.75. The standard InChI is InChI=1S/C12H26N2O/c1-10(13)6-7-11(15)14(5)9-8-12(2,3)4/h10H,6-9,13H2,1-5H3. The first-order valence-corrected chi connectivity index (χ1v) is 5.72. The van der Waals surface area contributed by atoms with Gasteiger partial charge in [0, 0.05) is 26.1 Å². The van der Waals surface area contributed by atoms with Crippen molar-refractivity contribution < 1.29 is 4.79 Å². The Morgan fingerprint density at radius 3 is 2.33 bits per heavy atom. The van der Waals surface area contributed by atoms with Crippen LogP contribution < -0.4 is 5.73 Å². The van der Waals surface area contributed by atoms with Gasteiger partial charge in [-0.05, 0) is 25.2 Å². The van der Waals surface area contributed by atoms with Gasteiger partial charge < -0.3 is 10.6 Å². The van der Waals surface area contributed by atoms with Gasteiger partial charge in [0.1, 0.15) is 0 Å². The quantitative estimate of drug-likeness (QED) is 0.761. The Morgan fingerprint density at radius 2 is 1.93 bits per heavy atom. The molecule has 1 amide bonds. The summed E-state index contributed by atoms with van der Waals surface area (Å²) in [5.41, 5.74) is 5.90. The highest BCUT2D eigenvalue weighted by atomic mass is 16.2. The maximum Gasteiger partial charge on any atom is 0.222 e. The highest BCUT2D eigenvalue weighted by Gasteiger charge is 2.14. The first-order chi connectivity index (χ1) is 6.72. The van der Waals surface area contributed by atoms with Crippen molar-refractivity contribution in [3.8, 4) is 0 Å². The van der Waals surface area contributed by atoms with E-state index in [9.17, 15) is 4.79 Å². The van der Waals surface area contributed by atoms with Crippen LogP contribution >= 0.6 is 0 Å². The zero-order valence-corrected chi connectivity index (χ0v) is 10.8. The normalized spacial score (nSPS) is 13.7. The molecule has 0 aromatic heterocycles. The topological polar surface area (TPSA) is 46.3 Å². The third-order valence-corrected chi connectivity index (χ3v) is 2.44. The number of hydrogen-bond donors (Lipinski definition) is 1. The van der Waals surface area contributed by atoms with Crippen LogP contribution in [0.2, 0.25) is 0 Å². The number of hydrogen-bond acceptors (Lipinski definition) is 2. The van der Waals surface area contributed by atoms with E-state index in [1.54, 1.807) is 0 Å². The van der Waals surface area contributed by atoms with E-state index in [4.69, 9.17) is 5.73 Å². The van der Waals surface area contributed by atoms with Crippen molar-refractivity contribution >= 4 is 5.91 Å². The largest absolute Gasteiger partial charge is 0.346 e. The molecule has 0 aliphatic rings. The molecule has 0 aromatic carbocycles. The minimum absolute atomic E-state index is 0.116. The van der Waals surface area contributed by atoms with Crippen LogP contribution in [-0.4, -0.2) is 30.4 Å². The third kappa shape index (κ3) is 8.43. The van der Waals surface area contributed by atoms with E-state index in [1.165, 1.54) is 0 Å². The van der Waals surface area contributed by atoms with E-state index in [-0.39, 0.29) is 17.4 Å². The van der Waals surface area contributed by atoms with Crippen molar-refractivity contribution in [2.24, 2.45) is 11.1 Å². The Balaban J connectivity index is 3.79. The summed E-state index contributed by atoms with van der Waals surface area (Å²) in [5, 5.41) is 0. The molecule has 0 aliphatic heterocycles. The molecule has 0 heterocycles. The summed E-state index contributed by atoms with van der Waals surface area (Å²) in [6, 6.07) is 0.116. The molecule has 3 nitrogen and oxygen atoms in total. The molecule has 0 bridgehead atoms. The second-order valence-electron chi connectivity index (χ2n) is 5.64. The molecule has 0 saturated heterocycles. The van der Waals surface area contributed by atoms with Crippen LogP contribution in [0.1, 0.15) is 47.0 Å². The Labute approximate surface area is 94.0 Å². The summed E-state index contributed by atoms with van der Waals surface area (Å²) in [6.07, 6.45) is 2.38. The number of rotatable bonds is 5. The lowest BCUT2D eigenvalue weighted by Crippen LogP contribution is -2.31. The molecular weight excluding hydrogens is 188 g/mol. The molecule has 0 aromatic rings. The summed E-state index contributed by atoms with van der Waals surface area (Å²) >= 11 is 0. The van der Waals surface area contributed by atoms with Crippen molar-refractivity contribution in [1.82, 2.24) is 4.90 Å². The Morgan fingerprint density at radius 1 is 1.40 bits per heavy atom. The lowest BCUT2D eigenvalue weighted by molar-refractivity contribution is -0.130. The van der Waals surface area contributed by atoms with Gasteiger partial charge in [0.2, 0.25) is 5.91 Å². The van der Waals surface area contributed by atoms with Gasteiger partial charge in [-0.2, -0.15) is 0 Å². The Kier molecular flexibility index (Phi) is 5.88. The van der Waals surface area contributed by atoms with Crippen LogP contribution in [-0.2, 0) is 4.79 Å². The molecule has 0 spiro atoms. The smallest absolute Gasteiger partial charge is 0.222 e.